The largest absolute Gasteiger partial charge is 0.401 e. The van der Waals surface area contributed by atoms with E-state index in [1.165, 1.54) is 6.92 Å². The maximum absolute atomic E-state index is 12.4. The molecule has 0 aliphatic heterocycles. The fourth-order valence-corrected chi connectivity index (χ4v) is 1.76. The second kappa shape index (κ2) is 6.00. The number of carbonyl (C=O) groups excluding carboxylic acids is 1. The molecule has 0 amide bonds. The minimum absolute atomic E-state index is 0.180. The summed E-state index contributed by atoms with van der Waals surface area (Å²) >= 11 is 0. The number of hydrogen-bond acceptors (Lipinski definition) is 2. The predicted molar refractivity (Wildman–Crippen MR) is 63.5 cm³/mol. The lowest BCUT2D eigenvalue weighted by Gasteiger charge is -2.27. The first kappa shape index (κ1) is 14.7. The van der Waals surface area contributed by atoms with Gasteiger partial charge in [0.1, 0.15) is 0 Å². The third kappa shape index (κ3) is 4.14. The van der Waals surface area contributed by atoms with Gasteiger partial charge in [-0.2, -0.15) is 13.2 Å². The Morgan fingerprint density at radius 2 is 1.83 bits per heavy atom. The van der Waals surface area contributed by atoms with Crippen LogP contribution in [0.1, 0.15) is 24.2 Å². The molecule has 1 aromatic carbocycles. The van der Waals surface area contributed by atoms with Crippen molar-refractivity contribution in [1.29, 1.82) is 0 Å². The van der Waals surface area contributed by atoms with Crippen LogP contribution in [0.15, 0.2) is 30.3 Å². The highest BCUT2D eigenvalue weighted by molar-refractivity contribution is 5.99. The second-order valence-electron chi connectivity index (χ2n) is 4.08. The predicted octanol–water partition coefficient (Wildman–Crippen LogP) is 3.14. The minimum Gasteiger partial charge on any atom is -0.292 e. The van der Waals surface area contributed by atoms with Crippen LogP contribution < -0.4 is 0 Å². The van der Waals surface area contributed by atoms with Crippen molar-refractivity contribution < 1.29 is 18.0 Å². The highest BCUT2D eigenvalue weighted by atomic mass is 19.4. The van der Waals surface area contributed by atoms with Gasteiger partial charge in [0, 0.05) is 5.56 Å². The number of Topliss-reactive ketones (excluding diaryl/α,β-unsaturated/α-hetero) is 1. The van der Waals surface area contributed by atoms with Gasteiger partial charge in [0.25, 0.3) is 0 Å². The quantitative estimate of drug-likeness (QED) is 0.757. The van der Waals surface area contributed by atoms with Crippen molar-refractivity contribution >= 4 is 5.78 Å². The van der Waals surface area contributed by atoms with Gasteiger partial charge in [0.15, 0.2) is 5.78 Å². The first-order valence-electron chi connectivity index (χ1n) is 5.75. The van der Waals surface area contributed by atoms with Crippen molar-refractivity contribution in [3.05, 3.63) is 35.9 Å². The fourth-order valence-electron chi connectivity index (χ4n) is 1.76. The smallest absolute Gasteiger partial charge is 0.292 e. The van der Waals surface area contributed by atoms with Gasteiger partial charge < -0.3 is 0 Å². The summed E-state index contributed by atoms with van der Waals surface area (Å²) in [6.45, 7) is 2.23. The van der Waals surface area contributed by atoms with E-state index in [9.17, 15) is 18.0 Å². The van der Waals surface area contributed by atoms with Gasteiger partial charge in [0.05, 0.1) is 12.6 Å². The maximum Gasteiger partial charge on any atom is 0.401 e. The van der Waals surface area contributed by atoms with Crippen LogP contribution in [0.2, 0.25) is 0 Å². The molecule has 0 aliphatic carbocycles. The monoisotopic (exact) mass is 259 g/mol. The van der Waals surface area contributed by atoms with Gasteiger partial charge in [-0.3, -0.25) is 9.69 Å². The van der Waals surface area contributed by atoms with Gasteiger partial charge in [-0.15, -0.1) is 0 Å². The van der Waals surface area contributed by atoms with Gasteiger partial charge in [0.2, 0.25) is 0 Å². The van der Waals surface area contributed by atoms with Crippen molar-refractivity contribution in [3.8, 4) is 0 Å². The Morgan fingerprint density at radius 3 is 2.28 bits per heavy atom. The standard InChI is InChI=1S/C13H16F3NO/c1-3-17(9-13(14,15)16)10(2)12(18)11-7-5-4-6-8-11/h4-8,10H,3,9H2,1-2H3. The van der Waals surface area contributed by atoms with Gasteiger partial charge in [-0.05, 0) is 13.5 Å². The molecule has 2 nitrogen and oxygen atoms in total. The molecule has 1 atom stereocenters. The third-order valence-electron chi connectivity index (χ3n) is 2.77. The van der Waals surface area contributed by atoms with Crippen LogP contribution in [-0.4, -0.2) is 36.0 Å². The average Bonchev–Trinajstić information content (AvgIpc) is 2.34. The summed E-state index contributed by atoms with van der Waals surface area (Å²) < 4.78 is 37.1. The van der Waals surface area contributed by atoms with E-state index in [1.807, 2.05) is 0 Å². The molecular formula is C13H16F3NO. The lowest BCUT2D eigenvalue weighted by atomic mass is 10.0. The molecule has 0 spiro atoms. The number of nitrogens with zero attached hydrogens (tertiary/aromatic N) is 1. The number of alkyl halides is 3. The van der Waals surface area contributed by atoms with E-state index < -0.39 is 18.8 Å². The molecule has 0 aliphatic rings. The molecule has 0 heterocycles. The Hall–Kier alpha value is -1.36. The van der Waals surface area contributed by atoms with Crippen LogP contribution >= 0.6 is 0 Å². The molecule has 0 bridgehead atoms. The van der Waals surface area contributed by atoms with Crippen LogP contribution in [0.4, 0.5) is 13.2 Å². The summed E-state index contributed by atoms with van der Waals surface area (Å²) in [7, 11) is 0. The van der Waals surface area contributed by atoms with Gasteiger partial charge in [-0.1, -0.05) is 37.3 Å². The maximum atomic E-state index is 12.4. The van der Waals surface area contributed by atoms with Crippen LogP contribution in [-0.2, 0) is 0 Å². The van der Waals surface area contributed by atoms with Crippen LogP contribution in [0.5, 0.6) is 0 Å². The van der Waals surface area contributed by atoms with E-state index in [-0.39, 0.29) is 12.3 Å². The average molecular weight is 259 g/mol. The number of hydrogen-bond donors (Lipinski definition) is 0. The molecular weight excluding hydrogens is 243 g/mol. The highest BCUT2D eigenvalue weighted by Gasteiger charge is 2.34. The van der Waals surface area contributed by atoms with Crippen molar-refractivity contribution in [1.82, 2.24) is 4.90 Å². The lowest BCUT2D eigenvalue weighted by molar-refractivity contribution is -0.147. The van der Waals surface area contributed by atoms with Crippen LogP contribution in [0, 0.1) is 0 Å². The molecule has 0 saturated heterocycles. The molecule has 0 saturated carbocycles. The van der Waals surface area contributed by atoms with Gasteiger partial charge >= 0.3 is 6.18 Å². The van der Waals surface area contributed by atoms with Crippen molar-refractivity contribution in [2.24, 2.45) is 0 Å². The first-order chi connectivity index (χ1) is 8.35. The van der Waals surface area contributed by atoms with E-state index in [4.69, 9.17) is 0 Å². The molecule has 0 radical (unpaired) electrons. The Labute approximate surface area is 104 Å². The summed E-state index contributed by atoms with van der Waals surface area (Å²) in [6.07, 6.45) is -4.29. The van der Waals surface area contributed by atoms with Crippen LogP contribution in [0.25, 0.3) is 0 Å². The topological polar surface area (TPSA) is 20.3 Å². The van der Waals surface area contributed by atoms with Crippen molar-refractivity contribution in [2.75, 3.05) is 13.1 Å². The fraction of sp³-hybridized carbons (Fsp3) is 0.462. The molecule has 0 fully saturated rings. The lowest BCUT2D eigenvalue weighted by Crippen LogP contribution is -2.44. The Kier molecular flexibility index (Phi) is 4.90. The summed E-state index contributed by atoms with van der Waals surface area (Å²) in [5, 5.41) is 0. The third-order valence-corrected chi connectivity index (χ3v) is 2.77. The number of likely N-dealkylation sites (N-methyl/N-ethyl adjacent to an activating group) is 1. The van der Waals surface area contributed by atoms with Crippen LogP contribution in [0.3, 0.4) is 0 Å². The SMILES string of the molecule is CCN(CC(F)(F)F)C(C)C(=O)c1ccccc1. The minimum atomic E-state index is -4.29. The molecule has 1 unspecified atom stereocenters. The Balaban J connectivity index is 2.78. The van der Waals surface area contributed by atoms with E-state index in [0.717, 1.165) is 4.90 Å². The van der Waals surface area contributed by atoms with Crippen molar-refractivity contribution in [3.63, 3.8) is 0 Å². The zero-order valence-corrected chi connectivity index (χ0v) is 10.4. The number of benzene rings is 1. The van der Waals surface area contributed by atoms with E-state index in [0.29, 0.717) is 5.56 Å². The van der Waals surface area contributed by atoms with E-state index in [1.54, 1.807) is 37.3 Å². The summed E-state index contributed by atoms with van der Waals surface area (Å²) in [4.78, 5) is 13.1. The number of ketones is 1. The zero-order chi connectivity index (χ0) is 13.8. The highest BCUT2D eigenvalue weighted by Crippen LogP contribution is 2.19. The number of rotatable bonds is 5. The summed E-state index contributed by atoms with van der Waals surface area (Å²) in [5.41, 5.74) is 0.436. The Morgan fingerprint density at radius 1 is 1.28 bits per heavy atom. The molecule has 0 aromatic heterocycles. The zero-order valence-electron chi connectivity index (χ0n) is 10.4. The Bertz CT molecular complexity index is 389. The van der Waals surface area contributed by atoms with E-state index in [2.05, 4.69) is 0 Å². The molecule has 5 heteroatoms. The normalized spacial score (nSPS) is 13.7. The first-order valence-corrected chi connectivity index (χ1v) is 5.75. The second-order valence-corrected chi connectivity index (χ2v) is 4.08. The molecule has 0 N–H and O–H groups in total. The van der Waals surface area contributed by atoms with Gasteiger partial charge in [-0.25, -0.2) is 0 Å². The molecule has 1 aromatic rings. The number of carbonyl (C=O) groups is 1. The number of halogens is 3. The summed E-state index contributed by atoms with van der Waals surface area (Å²) in [5.74, 6) is -0.290. The molecule has 100 valence electrons. The summed E-state index contributed by atoms with van der Waals surface area (Å²) in [6, 6.07) is 7.59. The van der Waals surface area contributed by atoms with E-state index >= 15 is 0 Å². The molecule has 1 rings (SSSR count). The molecule has 18 heavy (non-hydrogen) atoms. The van der Waals surface area contributed by atoms with Crippen molar-refractivity contribution in [2.45, 2.75) is 26.1 Å².